The minimum atomic E-state index is -4.73. The number of piperazine rings is 1. The summed E-state index contributed by atoms with van der Waals surface area (Å²) in [5.41, 5.74) is -4.71. The average molecular weight is 567 g/mol. The number of aryl methyl sites for hydroxylation is 1. The molecule has 2 aliphatic heterocycles. The van der Waals surface area contributed by atoms with Crippen molar-refractivity contribution in [2.24, 2.45) is 7.05 Å². The highest BCUT2D eigenvalue weighted by Crippen LogP contribution is 2.48. The molecular weight excluding hydrogens is 538 g/mol. The Labute approximate surface area is 227 Å². The number of carbonyl (C=O) groups is 1. The van der Waals surface area contributed by atoms with E-state index in [1.807, 2.05) is 18.9 Å². The lowest BCUT2D eigenvalue weighted by atomic mass is 9.90. The number of alkyl halides is 6. The van der Waals surface area contributed by atoms with Crippen molar-refractivity contribution in [2.75, 3.05) is 36.5 Å². The Morgan fingerprint density at radius 2 is 1.70 bits per heavy atom. The van der Waals surface area contributed by atoms with Crippen LogP contribution >= 0.6 is 0 Å². The van der Waals surface area contributed by atoms with E-state index in [0.717, 1.165) is 34.0 Å². The molecule has 40 heavy (non-hydrogen) atoms. The Kier molecular flexibility index (Phi) is 6.63. The number of hydrogen-bond donors (Lipinski definition) is 0. The van der Waals surface area contributed by atoms with Gasteiger partial charge in [-0.25, -0.2) is 4.39 Å². The largest absolute Gasteiger partial charge is 0.416 e. The maximum atomic E-state index is 15.8. The van der Waals surface area contributed by atoms with Crippen molar-refractivity contribution in [1.29, 1.82) is 0 Å². The summed E-state index contributed by atoms with van der Waals surface area (Å²) in [5.74, 6) is -5.72. The van der Waals surface area contributed by atoms with Crippen LogP contribution in [0.5, 0.6) is 0 Å². The molecule has 0 aliphatic carbocycles. The molecule has 0 bridgehead atoms. The van der Waals surface area contributed by atoms with Crippen LogP contribution in [0.1, 0.15) is 46.7 Å². The molecule has 0 radical (unpaired) electrons. The molecule has 1 aromatic heterocycles. The number of carbonyl (C=O) groups excluding carboxylic acids is 1. The van der Waals surface area contributed by atoms with Gasteiger partial charge in [0.05, 0.1) is 12.1 Å². The van der Waals surface area contributed by atoms with Crippen molar-refractivity contribution in [3.05, 3.63) is 70.8 Å². The molecule has 1 fully saturated rings. The Hall–Kier alpha value is -3.61. The monoisotopic (exact) mass is 566 g/mol. The van der Waals surface area contributed by atoms with E-state index in [1.54, 1.807) is 0 Å². The molecule has 214 valence electrons. The predicted molar refractivity (Wildman–Crippen MR) is 136 cm³/mol. The summed E-state index contributed by atoms with van der Waals surface area (Å²) < 4.78 is 89.9. The molecule has 0 saturated carbocycles. The number of nitrogens with zero attached hydrogens (tertiary/aromatic N) is 6. The molecule has 3 aromatic rings. The highest BCUT2D eigenvalue weighted by molar-refractivity contribution is 6.11. The first kappa shape index (κ1) is 27.9. The normalized spacial score (nSPS) is 20.1. The molecule has 1 amide bonds. The maximum absolute atomic E-state index is 15.8. The van der Waals surface area contributed by atoms with E-state index in [0.29, 0.717) is 26.6 Å². The van der Waals surface area contributed by atoms with Crippen LogP contribution in [0.4, 0.5) is 37.7 Å². The number of anilines is 2. The highest BCUT2D eigenvalue weighted by atomic mass is 19.4. The Morgan fingerprint density at radius 1 is 0.975 bits per heavy atom. The van der Waals surface area contributed by atoms with Crippen molar-refractivity contribution in [2.45, 2.75) is 44.2 Å². The minimum Gasteiger partial charge on any atom is -0.366 e. The summed E-state index contributed by atoms with van der Waals surface area (Å²) in [6.07, 6.45) is -3.71. The minimum absolute atomic E-state index is 0.000944. The SMILES string of the molecule is C[C@@H]1CN(C)CCN1c1cc2c(c(C(F)(F)F)c1)CN(c1cccc(C(C)(F)C(F)(F)c3nncn3C)c1)C2=O. The topological polar surface area (TPSA) is 57.5 Å². The number of amides is 1. The van der Waals surface area contributed by atoms with Gasteiger partial charge in [0.25, 0.3) is 5.91 Å². The lowest BCUT2D eigenvalue weighted by Crippen LogP contribution is -2.50. The summed E-state index contributed by atoms with van der Waals surface area (Å²) >= 11 is 0. The standard InChI is InChI=1S/C27H28F6N6O/c1-16-13-36(3)8-9-38(16)19-11-20-21(22(12-19)27(31,32)33)14-39(23(20)40)18-7-5-6-17(10-18)25(2,28)26(29,30)24-35-34-15-37(24)4/h5-7,10-12,15-16H,8-9,13-14H2,1-4H3/t16-,25?/m1/s1. The number of rotatable bonds is 5. The second kappa shape index (κ2) is 9.50. The molecule has 1 unspecified atom stereocenters. The van der Waals surface area contributed by atoms with Gasteiger partial charge < -0.3 is 19.3 Å². The summed E-state index contributed by atoms with van der Waals surface area (Å²) in [5, 5.41) is 6.75. The fourth-order valence-electron chi connectivity index (χ4n) is 5.47. The first-order chi connectivity index (χ1) is 18.6. The van der Waals surface area contributed by atoms with Gasteiger partial charge in [0.2, 0.25) is 11.5 Å². The zero-order valence-electron chi connectivity index (χ0n) is 22.3. The lowest BCUT2D eigenvalue weighted by Gasteiger charge is -2.40. The van der Waals surface area contributed by atoms with Gasteiger partial charge in [-0.1, -0.05) is 12.1 Å². The zero-order valence-corrected chi connectivity index (χ0v) is 22.3. The van der Waals surface area contributed by atoms with E-state index in [-0.39, 0.29) is 28.5 Å². The third-order valence-corrected chi connectivity index (χ3v) is 7.78. The Bertz CT molecular complexity index is 1450. The van der Waals surface area contributed by atoms with Gasteiger partial charge in [0, 0.05) is 49.7 Å². The highest BCUT2D eigenvalue weighted by Gasteiger charge is 2.57. The van der Waals surface area contributed by atoms with Crippen LogP contribution in [0.25, 0.3) is 0 Å². The van der Waals surface area contributed by atoms with Gasteiger partial charge in [-0.15, -0.1) is 10.2 Å². The van der Waals surface area contributed by atoms with Gasteiger partial charge in [-0.3, -0.25) is 4.79 Å². The third kappa shape index (κ3) is 4.49. The van der Waals surface area contributed by atoms with Crippen LogP contribution in [0.15, 0.2) is 42.7 Å². The van der Waals surface area contributed by atoms with E-state index < -0.39 is 47.2 Å². The van der Waals surface area contributed by atoms with E-state index in [1.165, 1.54) is 25.2 Å². The predicted octanol–water partition coefficient (Wildman–Crippen LogP) is 5.11. The quantitative estimate of drug-likeness (QED) is 0.402. The van der Waals surface area contributed by atoms with Gasteiger partial charge in [-0.2, -0.15) is 22.0 Å². The van der Waals surface area contributed by atoms with Crippen molar-refractivity contribution in [1.82, 2.24) is 19.7 Å². The molecule has 5 rings (SSSR count). The number of likely N-dealkylation sites (N-methyl/N-ethyl adjacent to an activating group) is 1. The summed E-state index contributed by atoms with van der Waals surface area (Å²) in [4.78, 5) is 18.5. The fourth-order valence-corrected chi connectivity index (χ4v) is 5.47. The van der Waals surface area contributed by atoms with Crippen LogP contribution in [-0.2, 0) is 31.4 Å². The second-order valence-corrected chi connectivity index (χ2v) is 10.6. The van der Waals surface area contributed by atoms with E-state index >= 15 is 13.2 Å². The fraction of sp³-hybridized carbons (Fsp3) is 0.444. The molecule has 3 heterocycles. The molecule has 2 aromatic carbocycles. The number of fused-ring (bicyclic) bond motifs is 1. The molecule has 7 nitrogen and oxygen atoms in total. The number of hydrogen-bond acceptors (Lipinski definition) is 5. The molecular formula is C27H28F6N6O. The first-order valence-corrected chi connectivity index (χ1v) is 12.7. The number of aromatic nitrogens is 3. The average Bonchev–Trinajstić information content (AvgIpc) is 3.46. The molecule has 0 N–H and O–H groups in total. The molecule has 13 heteroatoms. The van der Waals surface area contributed by atoms with Gasteiger partial charge in [-0.05, 0) is 56.3 Å². The van der Waals surface area contributed by atoms with Gasteiger partial charge >= 0.3 is 12.1 Å². The van der Waals surface area contributed by atoms with E-state index in [9.17, 15) is 18.0 Å². The first-order valence-electron chi connectivity index (χ1n) is 12.7. The smallest absolute Gasteiger partial charge is 0.366 e. The molecule has 0 spiro atoms. The van der Waals surface area contributed by atoms with Crippen LogP contribution in [0.3, 0.4) is 0 Å². The Balaban J connectivity index is 1.53. The zero-order chi connectivity index (χ0) is 29.2. The molecule has 1 saturated heterocycles. The summed E-state index contributed by atoms with van der Waals surface area (Å²) in [6.45, 7) is 3.94. The van der Waals surface area contributed by atoms with Crippen molar-refractivity contribution in [3.63, 3.8) is 0 Å². The van der Waals surface area contributed by atoms with Crippen molar-refractivity contribution >= 4 is 17.3 Å². The summed E-state index contributed by atoms with van der Waals surface area (Å²) in [6, 6.07) is 7.29. The molecule has 2 atom stereocenters. The maximum Gasteiger partial charge on any atom is 0.416 e. The Morgan fingerprint density at radius 3 is 2.33 bits per heavy atom. The van der Waals surface area contributed by atoms with Crippen LogP contribution < -0.4 is 9.80 Å². The van der Waals surface area contributed by atoms with Gasteiger partial charge in [0.15, 0.2) is 0 Å². The van der Waals surface area contributed by atoms with Crippen LogP contribution in [0.2, 0.25) is 0 Å². The van der Waals surface area contributed by atoms with Crippen molar-refractivity contribution in [3.8, 4) is 0 Å². The molecule has 2 aliphatic rings. The van der Waals surface area contributed by atoms with Crippen LogP contribution in [-0.4, -0.2) is 58.3 Å². The van der Waals surface area contributed by atoms with Gasteiger partial charge in [0.1, 0.15) is 6.33 Å². The second-order valence-electron chi connectivity index (χ2n) is 10.6. The lowest BCUT2D eigenvalue weighted by molar-refractivity contribution is -0.149. The van der Waals surface area contributed by atoms with Crippen LogP contribution in [0, 0.1) is 0 Å². The van der Waals surface area contributed by atoms with Crippen molar-refractivity contribution < 1.29 is 31.1 Å². The summed E-state index contributed by atoms with van der Waals surface area (Å²) in [7, 11) is 3.18. The van der Waals surface area contributed by atoms with E-state index in [2.05, 4.69) is 15.1 Å². The third-order valence-electron chi connectivity index (χ3n) is 7.78. The number of benzene rings is 2. The number of halogens is 6. The van der Waals surface area contributed by atoms with E-state index in [4.69, 9.17) is 0 Å².